The number of para-hydroxylation sites is 1. The highest BCUT2D eigenvalue weighted by Gasteiger charge is 2.08. The molecule has 1 atom stereocenters. The predicted molar refractivity (Wildman–Crippen MR) is 84.9 cm³/mol. The van der Waals surface area contributed by atoms with Gasteiger partial charge >= 0.3 is 0 Å². The average molecular weight is 340 g/mol. The van der Waals surface area contributed by atoms with Gasteiger partial charge in [0.15, 0.2) is 0 Å². The van der Waals surface area contributed by atoms with E-state index in [1.807, 2.05) is 29.5 Å². The number of phenols is 1. The van der Waals surface area contributed by atoms with Crippen molar-refractivity contribution in [1.29, 1.82) is 0 Å². The second kappa shape index (κ2) is 6.55. The van der Waals surface area contributed by atoms with Crippen molar-refractivity contribution in [2.45, 2.75) is 32.9 Å². The molecule has 19 heavy (non-hydrogen) atoms. The van der Waals surface area contributed by atoms with E-state index in [0.717, 1.165) is 16.5 Å². The van der Waals surface area contributed by atoms with Crippen molar-refractivity contribution in [3.63, 3.8) is 0 Å². The third-order valence-electron chi connectivity index (χ3n) is 3.01. The minimum absolute atomic E-state index is 0.328. The number of rotatable bonds is 5. The van der Waals surface area contributed by atoms with Crippen LogP contribution in [-0.2, 0) is 13.0 Å². The van der Waals surface area contributed by atoms with Crippen LogP contribution in [0.3, 0.4) is 0 Å². The number of benzene rings is 1. The Morgan fingerprint density at radius 1 is 1.32 bits per heavy atom. The van der Waals surface area contributed by atoms with E-state index < -0.39 is 0 Å². The SMILES string of the molecule is Cc1ccc(CC(C)NCc2cccc(Br)c2O)s1. The number of hydrogen-bond donors (Lipinski definition) is 2. The first-order chi connectivity index (χ1) is 9.06. The van der Waals surface area contributed by atoms with Crippen LogP contribution in [0, 0.1) is 6.92 Å². The normalized spacial score (nSPS) is 12.6. The standard InChI is InChI=1S/C15H18BrNOS/c1-10(8-13-7-6-11(2)19-13)17-9-12-4-3-5-14(16)15(12)18/h3-7,10,17-18H,8-9H2,1-2H3. The van der Waals surface area contributed by atoms with Gasteiger partial charge in [-0.05, 0) is 54.4 Å². The van der Waals surface area contributed by atoms with E-state index in [0.29, 0.717) is 18.3 Å². The molecule has 2 nitrogen and oxygen atoms in total. The van der Waals surface area contributed by atoms with Crippen molar-refractivity contribution in [1.82, 2.24) is 5.32 Å². The van der Waals surface area contributed by atoms with Crippen molar-refractivity contribution in [3.05, 3.63) is 50.1 Å². The van der Waals surface area contributed by atoms with Crippen LogP contribution in [0.5, 0.6) is 5.75 Å². The minimum atomic E-state index is 0.328. The van der Waals surface area contributed by atoms with Crippen LogP contribution in [0.1, 0.15) is 22.2 Å². The number of hydrogen-bond acceptors (Lipinski definition) is 3. The van der Waals surface area contributed by atoms with E-state index >= 15 is 0 Å². The van der Waals surface area contributed by atoms with Gasteiger partial charge in [0.2, 0.25) is 0 Å². The van der Waals surface area contributed by atoms with Gasteiger partial charge in [-0.25, -0.2) is 0 Å². The van der Waals surface area contributed by atoms with Crippen LogP contribution in [0.25, 0.3) is 0 Å². The maximum atomic E-state index is 9.92. The second-order valence-corrected chi connectivity index (χ2v) is 6.97. The van der Waals surface area contributed by atoms with E-state index in [1.165, 1.54) is 9.75 Å². The van der Waals surface area contributed by atoms with Crippen LogP contribution < -0.4 is 5.32 Å². The Kier molecular flexibility index (Phi) is 5.02. The van der Waals surface area contributed by atoms with Crippen LogP contribution in [0.15, 0.2) is 34.8 Å². The number of aromatic hydroxyl groups is 1. The first-order valence-corrected chi connectivity index (χ1v) is 7.92. The van der Waals surface area contributed by atoms with E-state index in [1.54, 1.807) is 0 Å². The Hall–Kier alpha value is -0.840. The molecule has 1 aromatic heterocycles. The third kappa shape index (κ3) is 4.06. The monoisotopic (exact) mass is 339 g/mol. The van der Waals surface area contributed by atoms with Crippen molar-refractivity contribution >= 4 is 27.3 Å². The van der Waals surface area contributed by atoms with Crippen LogP contribution in [0.4, 0.5) is 0 Å². The fourth-order valence-electron chi connectivity index (χ4n) is 1.96. The zero-order chi connectivity index (χ0) is 13.8. The van der Waals surface area contributed by atoms with Crippen LogP contribution in [0.2, 0.25) is 0 Å². The van der Waals surface area contributed by atoms with Gasteiger partial charge in [-0.2, -0.15) is 0 Å². The molecule has 0 fully saturated rings. The molecule has 0 saturated heterocycles. The minimum Gasteiger partial charge on any atom is -0.506 e. The summed E-state index contributed by atoms with van der Waals surface area (Å²) in [5, 5.41) is 13.4. The summed E-state index contributed by atoms with van der Waals surface area (Å²) in [5.41, 5.74) is 0.920. The lowest BCUT2D eigenvalue weighted by molar-refractivity contribution is 0.455. The molecule has 1 unspecified atom stereocenters. The summed E-state index contributed by atoms with van der Waals surface area (Å²) >= 11 is 5.18. The van der Waals surface area contributed by atoms with Crippen molar-refractivity contribution in [3.8, 4) is 5.75 Å². The quantitative estimate of drug-likeness (QED) is 0.853. The lowest BCUT2D eigenvalue weighted by atomic mass is 10.1. The molecule has 0 aliphatic rings. The first-order valence-electron chi connectivity index (χ1n) is 6.31. The Labute approximate surface area is 126 Å². The highest BCUT2D eigenvalue weighted by Crippen LogP contribution is 2.27. The molecule has 0 bridgehead atoms. The smallest absolute Gasteiger partial charge is 0.134 e. The zero-order valence-corrected chi connectivity index (χ0v) is 13.5. The molecular weight excluding hydrogens is 322 g/mol. The first kappa shape index (κ1) is 14.6. The molecular formula is C15H18BrNOS. The lowest BCUT2D eigenvalue weighted by Gasteiger charge is -2.14. The molecule has 2 N–H and O–H groups in total. The van der Waals surface area contributed by atoms with Gasteiger partial charge in [0, 0.05) is 27.9 Å². The Morgan fingerprint density at radius 3 is 2.79 bits per heavy atom. The molecule has 0 spiro atoms. The topological polar surface area (TPSA) is 32.3 Å². The van der Waals surface area contributed by atoms with E-state index in [2.05, 4.69) is 47.2 Å². The Morgan fingerprint density at radius 2 is 2.11 bits per heavy atom. The average Bonchev–Trinajstić information content (AvgIpc) is 2.76. The summed E-state index contributed by atoms with van der Waals surface area (Å²) in [6, 6.07) is 10.5. The zero-order valence-electron chi connectivity index (χ0n) is 11.1. The summed E-state index contributed by atoms with van der Waals surface area (Å²) in [5.74, 6) is 0.328. The molecule has 0 amide bonds. The molecule has 0 saturated carbocycles. The number of thiophene rings is 1. The largest absolute Gasteiger partial charge is 0.506 e. The van der Waals surface area contributed by atoms with Gasteiger partial charge < -0.3 is 10.4 Å². The van der Waals surface area contributed by atoms with Gasteiger partial charge in [0.25, 0.3) is 0 Å². The molecule has 0 radical (unpaired) electrons. The van der Waals surface area contributed by atoms with Crippen molar-refractivity contribution in [2.24, 2.45) is 0 Å². The van der Waals surface area contributed by atoms with Gasteiger partial charge in [-0.1, -0.05) is 12.1 Å². The van der Waals surface area contributed by atoms with Crippen molar-refractivity contribution in [2.75, 3.05) is 0 Å². The Balaban J connectivity index is 1.89. The molecule has 0 aliphatic carbocycles. The van der Waals surface area contributed by atoms with Crippen molar-refractivity contribution < 1.29 is 5.11 Å². The molecule has 1 aromatic carbocycles. The fourth-order valence-corrected chi connectivity index (χ4v) is 3.38. The lowest BCUT2D eigenvalue weighted by Crippen LogP contribution is -2.27. The maximum absolute atomic E-state index is 9.92. The highest BCUT2D eigenvalue weighted by atomic mass is 79.9. The van der Waals surface area contributed by atoms with Crippen LogP contribution in [-0.4, -0.2) is 11.1 Å². The van der Waals surface area contributed by atoms with E-state index in [-0.39, 0.29) is 0 Å². The van der Waals surface area contributed by atoms with Crippen LogP contribution >= 0.6 is 27.3 Å². The Bertz CT molecular complexity index is 553. The molecule has 1 heterocycles. The summed E-state index contributed by atoms with van der Waals surface area (Å²) in [7, 11) is 0. The summed E-state index contributed by atoms with van der Waals surface area (Å²) in [6.45, 7) is 4.98. The molecule has 0 aliphatic heterocycles. The fraction of sp³-hybridized carbons (Fsp3) is 0.333. The van der Waals surface area contributed by atoms with Gasteiger partial charge in [-0.3, -0.25) is 0 Å². The molecule has 2 aromatic rings. The molecule has 4 heteroatoms. The summed E-state index contributed by atoms with van der Waals surface area (Å²) in [4.78, 5) is 2.75. The van der Waals surface area contributed by atoms with Gasteiger partial charge in [0.05, 0.1) is 4.47 Å². The van der Waals surface area contributed by atoms with Gasteiger partial charge in [0.1, 0.15) is 5.75 Å². The second-order valence-electron chi connectivity index (χ2n) is 4.75. The molecule has 102 valence electrons. The maximum Gasteiger partial charge on any atom is 0.134 e. The van der Waals surface area contributed by atoms with E-state index in [4.69, 9.17) is 0 Å². The number of halogens is 1. The van der Waals surface area contributed by atoms with Gasteiger partial charge in [-0.15, -0.1) is 11.3 Å². The van der Waals surface area contributed by atoms with E-state index in [9.17, 15) is 5.11 Å². The molecule has 2 rings (SSSR count). The number of nitrogens with one attached hydrogen (secondary N) is 1. The summed E-state index contributed by atoms with van der Waals surface area (Å²) < 4.78 is 0.744. The highest BCUT2D eigenvalue weighted by molar-refractivity contribution is 9.10. The third-order valence-corrected chi connectivity index (χ3v) is 4.68. The summed E-state index contributed by atoms with van der Waals surface area (Å²) in [6.07, 6.45) is 1.02. The predicted octanol–water partition coefficient (Wildman–Crippen LogP) is 4.25. The number of aryl methyl sites for hydroxylation is 1. The number of phenolic OH excluding ortho intramolecular Hbond substituents is 1.